The summed E-state index contributed by atoms with van der Waals surface area (Å²) in [5, 5.41) is 7.44. The summed E-state index contributed by atoms with van der Waals surface area (Å²) in [6.07, 6.45) is 3.28. The predicted molar refractivity (Wildman–Crippen MR) is 135 cm³/mol. The fourth-order valence-corrected chi connectivity index (χ4v) is 5.72. The zero-order valence-corrected chi connectivity index (χ0v) is 20.9. The summed E-state index contributed by atoms with van der Waals surface area (Å²) in [6.45, 7) is 8.56. The van der Waals surface area contributed by atoms with Crippen LogP contribution in [0.2, 0.25) is 10.0 Å². The third-order valence-corrected chi connectivity index (χ3v) is 7.30. The molecule has 174 valence electrons. The van der Waals surface area contributed by atoms with E-state index in [1.54, 1.807) is 6.07 Å². The van der Waals surface area contributed by atoms with Crippen molar-refractivity contribution in [3.05, 3.63) is 75.3 Å². The highest BCUT2D eigenvalue weighted by Crippen LogP contribution is 2.55. The Labute approximate surface area is 205 Å². The topological polar surface area (TPSA) is 58.2 Å². The molecule has 6 heteroatoms. The van der Waals surface area contributed by atoms with E-state index >= 15 is 0 Å². The van der Waals surface area contributed by atoms with Crippen LogP contribution >= 0.6 is 23.2 Å². The third-order valence-electron chi connectivity index (χ3n) is 6.83. The Morgan fingerprint density at radius 2 is 1.82 bits per heavy atom. The second-order valence-corrected chi connectivity index (χ2v) is 10.7. The lowest BCUT2D eigenvalue weighted by molar-refractivity contribution is -0.130. The number of piperidine rings is 1. The van der Waals surface area contributed by atoms with Crippen LogP contribution in [-0.2, 0) is 15.0 Å². The van der Waals surface area contributed by atoms with E-state index < -0.39 is 11.5 Å². The minimum absolute atomic E-state index is 0.0677. The number of allylic oxidation sites excluding steroid dienone is 1. The first-order valence-corrected chi connectivity index (χ1v) is 12.3. The normalized spacial score (nSPS) is 24.9. The van der Waals surface area contributed by atoms with Gasteiger partial charge in [-0.25, -0.2) is 0 Å². The molecule has 0 aromatic heterocycles. The van der Waals surface area contributed by atoms with Crippen molar-refractivity contribution in [2.45, 2.75) is 57.9 Å². The molecule has 1 fully saturated rings. The van der Waals surface area contributed by atoms with Crippen molar-refractivity contribution >= 4 is 40.7 Å². The van der Waals surface area contributed by atoms with Crippen LogP contribution in [-0.4, -0.2) is 17.9 Å². The number of carbonyl (C=O) groups excluding carboxylic acids is 2. The van der Waals surface area contributed by atoms with E-state index in [1.807, 2.05) is 36.4 Å². The number of carbonyl (C=O) groups is 2. The molecule has 0 bridgehead atoms. The molecule has 33 heavy (non-hydrogen) atoms. The smallest absolute Gasteiger partial charge is 0.238 e. The van der Waals surface area contributed by atoms with Crippen molar-refractivity contribution in [2.75, 3.05) is 5.32 Å². The van der Waals surface area contributed by atoms with E-state index in [9.17, 15) is 9.59 Å². The average Bonchev–Trinajstić information content (AvgIpc) is 3.01. The van der Waals surface area contributed by atoms with Gasteiger partial charge in [0.1, 0.15) is 5.41 Å². The van der Waals surface area contributed by atoms with Gasteiger partial charge in [-0.3, -0.25) is 9.59 Å². The van der Waals surface area contributed by atoms with Gasteiger partial charge in [-0.2, -0.15) is 0 Å². The van der Waals surface area contributed by atoms with E-state index in [4.69, 9.17) is 23.2 Å². The molecule has 0 aliphatic carbocycles. The molecule has 4 nitrogen and oxygen atoms in total. The molecule has 2 aromatic rings. The molecule has 0 unspecified atom stereocenters. The van der Waals surface area contributed by atoms with E-state index in [-0.39, 0.29) is 30.1 Å². The van der Waals surface area contributed by atoms with Gasteiger partial charge in [-0.15, -0.1) is 0 Å². The lowest BCUT2D eigenvalue weighted by Crippen LogP contribution is -2.63. The first-order valence-electron chi connectivity index (χ1n) is 11.5. The molecule has 1 spiro atoms. The maximum Gasteiger partial charge on any atom is 0.238 e. The molecule has 2 aromatic carbocycles. The second kappa shape index (κ2) is 9.15. The van der Waals surface area contributed by atoms with E-state index in [0.717, 1.165) is 23.1 Å². The molecule has 1 saturated heterocycles. The van der Waals surface area contributed by atoms with Gasteiger partial charge >= 0.3 is 0 Å². The summed E-state index contributed by atoms with van der Waals surface area (Å²) in [6, 6.07) is 12.6. The third kappa shape index (κ3) is 4.20. The van der Waals surface area contributed by atoms with E-state index in [2.05, 4.69) is 44.4 Å². The number of nitrogens with one attached hydrogen (secondary N) is 2. The predicted octanol–water partition coefficient (Wildman–Crippen LogP) is 6.48. The van der Waals surface area contributed by atoms with Crippen molar-refractivity contribution in [3.63, 3.8) is 0 Å². The van der Waals surface area contributed by atoms with Crippen LogP contribution in [0.15, 0.2) is 54.1 Å². The summed E-state index contributed by atoms with van der Waals surface area (Å²) >= 11 is 12.6. The maximum atomic E-state index is 14.0. The van der Waals surface area contributed by atoms with E-state index in [1.165, 1.54) is 0 Å². The zero-order valence-electron chi connectivity index (χ0n) is 19.4. The van der Waals surface area contributed by atoms with Crippen molar-refractivity contribution in [3.8, 4) is 0 Å². The van der Waals surface area contributed by atoms with Crippen molar-refractivity contribution < 1.29 is 9.59 Å². The number of amides is 2. The molecule has 0 radical (unpaired) electrons. The molecule has 2 N–H and O–H groups in total. The fourth-order valence-electron chi connectivity index (χ4n) is 5.35. The van der Waals surface area contributed by atoms with Crippen LogP contribution in [0.5, 0.6) is 0 Å². The van der Waals surface area contributed by atoms with Crippen LogP contribution in [0, 0.1) is 11.8 Å². The van der Waals surface area contributed by atoms with Crippen molar-refractivity contribution in [1.82, 2.24) is 5.32 Å². The van der Waals surface area contributed by atoms with Crippen LogP contribution in [0.4, 0.5) is 5.69 Å². The Hall–Kier alpha value is -2.30. The fraction of sp³-hybridized carbons (Fsp3) is 0.407. The first-order chi connectivity index (χ1) is 15.6. The molecule has 3 atom stereocenters. The molecule has 2 heterocycles. The highest BCUT2D eigenvalue weighted by atomic mass is 35.5. The summed E-state index contributed by atoms with van der Waals surface area (Å²) in [7, 11) is 0. The van der Waals surface area contributed by atoms with Crippen LogP contribution in [0.1, 0.15) is 57.6 Å². The van der Waals surface area contributed by atoms with Gasteiger partial charge in [-0.05, 0) is 59.2 Å². The summed E-state index contributed by atoms with van der Waals surface area (Å²) in [5.41, 5.74) is 2.51. The Morgan fingerprint density at radius 3 is 2.48 bits per heavy atom. The average molecular weight is 485 g/mol. The number of rotatable bonds is 5. The highest BCUT2D eigenvalue weighted by molar-refractivity contribution is 6.31. The van der Waals surface area contributed by atoms with E-state index in [0.29, 0.717) is 21.7 Å². The van der Waals surface area contributed by atoms with Gasteiger partial charge in [0.15, 0.2) is 0 Å². The summed E-state index contributed by atoms with van der Waals surface area (Å²) in [4.78, 5) is 27.1. The van der Waals surface area contributed by atoms with Gasteiger partial charge in [0.2, 0.25) is 11.8 Å². The van der Waals surface area contributed by atoms with Gasteiger partial charge in [0, 0.05) is 28.1 Å². The molecule has 4 rings (SSSR count). The molecular formula is C27H30Cl2N2O2. The monoisotopic (exact) mass is 484 g/mol. The van der Waals surface area contributed by atoms with Gasteiger partial charge in [0.25, 0.3) is 0 Å². The first kappa shape index (κ1) is 23.8. The molecule has 2 aliphatic rings. The second-order valence-electron chi connectivity index (χ2n) is 9.81. The number of hydrogen-bond acceptors (Lipinski definition) is 2. The zero-order chi connectivity index (χ0) is 23.9. The quantitative estimate of drug-likeness (QED) is 0.476. The molecule has 2 amide bonds. The van der Waals surface area contributed by atoms with Crippen LogP contribution in [0.25, 0.3) is 0 Å². The maximum absolute atomic E-state index is 14.0. The van der Waals surface area contributed by atoms with Crippen molar-refractivity contribution in [2.24, 2.45) is 11.8 Å². The van der Waals surface area contributed by atoms with Crippen LogP contribution < -0.4 is 10.6 Å². The number of benzene rings is 2. The van der Waals surface area contributed by atoms with Crippen LogP contribution in [0.3, 0.4) is 0 Å². The standard InChI is InChI=1S/C27H30Cl2N2O2/c1-15(2)8-10-20(16(3)4)25-27(21-11-9-19(29)13-23(21)30-26(27)33)22(14-24(32)31-25)17-6-5-7-18(28)12-17/h5-7,9-13,15-16,22,25H,8,14H2,1-4H3,(H,30,33)(H,31,32)/t22-,25+,27-/m0/s1. The Bertz CT molecular complexity index is 1120. The number of fused-ring (bicyclic) bond motifs is 2. The molecular weight excluding hydrogens is 455 g/mol. The lowest BCUT2D eigenvalue weighted by atomic mass is 9.58. The highest BCUT2D eigenvalue weighted by Gasteiger charge is 2.61. The minimum atomic E-state index is -1.01. The Morgan fingerprint density at radius 1 is 1.09 bits per heavy atom. The van der Waals surface area contributed by atoms with Gasteiger partial charge < -0.3 is 10.6 Å². The number of hydrogen-bond donors (Lipinski definition) is 2. The largest absolute Gasteiger partial charge is 0.348 e. The summed E-state index contributed by atoms with van der Waals surface area (Å²) < 4.78 is 0. The Kier molecular flexibility index (Phi) is 6.61. The molecule has 0 saturated carbocycles. The SMILES string of the molecule is CC(C)CC=C(C(C)C)[C@H]1NC(=O)C[C@@H](c2cccc(Cl)c2)[C@]12C(=O)Nc1cc(Cl)ccc12. The minimum Gasteiger partial charge on any atom is -0.348 e. The lowest BCUT2D eigenvalue weighted by Gasteiger charge is -2.48. The van der Waals surface area contributed by atoms with Gasteiger partial charge in [-0.1, -0.05) is 75.2 Å². The molecule has 2 aliphatic heterocycles. The number of anilines is 1. The number of halogens is 2. The summed E-state index contributed by atoms with van der Waals surface area (Å²) in [5.74, 6) is 0.0423. The van der Waals surface area contributed by atoms with Gasteiger partial charge in [0.05, 0.1) is 6.04 Å². The Balaban J connectivity index is 2.01. The van der Waals surface area contributed by atoms with Crippen molar-refractivity contribution in [1.29, 1.82) is 0 Å².